The van der Waals surface area contributed by atoms with Crippen molar-refractivity contribution in [3.8, 4) is 0 Å². The molecule has 4 unspecified atom stereocenters. The van der Waals surface area contributed by atoms with Crippen LogP contribution in [0.3, 0.4) is 0 Å². The highest BCUT2D eigenvalue weighted by Crippen LogP contribution is 2.35. The van der Waals surface area contributed by atoms with E-state index in [9.17, 15) is 37.0 Å². The zero-order valence-electron chi connectivity index (χ0n) is 26.0. The third-order valence-corrected chi connectivity index (χ3v) is 11.2. The monoisotopic (exact) mass is 670 g/mol. The molecule has 0 aromatic heterocycles. The van der Waals surface area contributed by atoms with Gasteiger partial charge < -0.3 is 20.8 Å². The highest BCUT2D eigenvalue weighted by molar-refractivity contribution is 7.89. The van der Waals surface area contributed by atoms with Gasteiger partial charge in [-0.15, -0.1) is 0 Å². The minimum absolute atomic E-state index is 0.206. The predicted octanol–water partition coefficient (Wildman–Crippen LogP) is 3.77. The number of likely N-dealkylation sites (N-methyl/N-ethyl adjacent to an activating group) is 1. The van der Waals surface area contributed by atoms with Crippen LogP contribution in [0.5, 0.6) is 0 Å². The summed E-state index contributed by atoms with van der Waals surface area (Å²) in [6.07, 6.45) is -0.461. The fourth-order valence-electron chi connectivity index (χ4n) is 6.87. The lowest BCUT2D eigenvalue weighted by Gasteiger charge is -2.36. The molecule has 1 saturated heterocycles. The molecule has 10 nitrogen and oxygen atoms in total. The minimum atomic E-state index is -3.73. The number of hydrogen-bond acceptors (Lipinski definition) is 6. The van der Waals surface area contributed by atoms with Crippen LogP contribution in [0.15, 0.2) is 83.8 Å². The largest absolute Gasteiger partial charge is 0.465 e. The molecule has 0 bridgehead atoms. The van der Waals surface area contributed by atoms with E-state index in [4.69, 9.17) is 0 Å². The maximum absolute atomic E-state index is 14.1. The van der Waals surface area contributed by atoms with Crippen LogP contribution < -0.4 is 10.6 Å². The van der Waals surface area contributed by atoms with Gasteiger partial charge in [0.2, 0.25) is 15.9 Å². The van der Waals surface area contributed by atoms with E-state index in [-0.39, 0.29) is 23.3 Å². The van der Waals surface area contributed by atoms with Gasteiger partial charge in [0.05, 0.1) is 11.0 Å². The highest BCUT2D eigenvalue weighted by Gasteiger charge is 2.42. The molecule has 1 heterocycles. The number of hydrogen-bond donors (Lipinski definition) is 4. The van der Waals surface area contributed by atoms with Gasteiger partial charge in [-0.2, -0.15) is 4.31 Å². The van der Waals surface area contributed by atoms with Crippen molar-refractivity contribution in [2.45, 2.75) is 60.7 Å². The summed E-state index contributed by atoms with van der Waals surface area (Å²) in [4.78, 5) is 27.5. The van der Waals surface area contributed by atoms with Gasteiger partial charge in [0.1, 0.15) is 17.7 Å². The second-order valence-corrected chi connectivity index (χ2v) is 14.2. The van der Waals surface area contributed by atoms with E-state index in [0.29, 0.717) is 50.0 Å². The normalized spacial score (nSPS) is 22.6. The van der Waals surface area contributed by atoms with Crippen molar-refractivity contribution in [3.05, 3.63) is 102 Å². The number of aliphatic hydroxyl groups is 1. The molecule has 47 heavy (non-hydrogen) atoms. The Morgan fingerprint density at radius 1 is 0.957 bits per heavy atom. The molecular formula is C34H40F2N4O6S. The minimum Gasteiger partial charge on any atom is -0.465 e. The number of carbonyl (C=O) groups excluding carboxylic acids is 1. The number of rotatable bonds is 11. The summed E-state index contributed by atoms with van der Waals surface area (Å²) in [5.74, 6) is -2.75. The number of piperazine rings is 1. The Balaban J connectivity index is 1.37. The van der Waals surface area contributed by atoms with Gasteiger partial charge in [-0.05, 0) is 79.1 Å². The number of sulfonamides is 1. The second-order valence-electron chi connectivity index (χ2n) is 12.3. The quantitative estimate of drug-likeness (QED) is 0.244. The third kappa shape index (κ3) is 7.98. The number of amides is 2. The molecule has 4 N–H and O–H groups in total. The number of carbonyl (C=O) groups is 2. The Kier molecular flexibility index (Phi) is 10.9. The van der Waals surface area contributed by atoms with Gasteiger partial charge in [-0.3, -0.25) is 9.69 Å². The molecule has 1 saturated carbocycles. The topological polar surface area (TPSA) is 139 Å². The maximum atomic E-state index is 14.1. The number of halogens is 2. The van der Waals surface area contributed by atoms with Gasteiger partial charge in [-0.1, -0.05) is 42.5 Å². The first-order chi connectivity index (χ1) is 22.5. The number of nitrogens with zero attached hydrogens (tertiary/aromatic N) is 2. The highest BCUT2D eigenvalue weighted by atomic mass is 32.2. The van der Waals surface area contributed by atoms with Crippen molar-refractivity contribution in [1.82, 2.24) is 19.8 Å². The summed E-state index contributed by atoms with van der Waals surface area (Å²) in [7, 11) is -2.46. The van der Waals surface area contributed by atoms with Crippen LogP contribution in [-0.2, 0) is 14.8 Å². The molecule has 0 spiro atoms. The van der Waals surface area contributed by atoms with Crippen LogP contribution >= 0.6 is 0 Å². The van der Waals surface area contributed by atoms with Crippen LogP contribution in [0.1, 0.15) is 42.7 Å². The summed E-state index contributed by atoms with van der Waals surface area (Å²) < 4.78 is 56.3. The molecule has 3 aromatic carbocycles. The van der Waals surface area contributed by atoms with Gasteiger partial charge >= 0.3 is 6.09 Å². The molecule has 5 atom stereocenters. The van der Waals surface area contributed by atoms with E-state index >= 15 is 0 Å². The van der Waals surface area contributed by atoms with Crippen LogP contribution in [0.4, 0.5) is 13.6 Å². The first-order valence-corrected chi connectivity index (χ1v) is 17.1. The number of nitrogens with one attached hydrogen (secondary N) is 2. The smallest absolute Gasteiger partial charge is 0.407 e. The Hall–Kier alpha value is -3.91. The van der Waals surface area contributed by atoms with Crippen molar-refractivity contribution in [3.63, 3.8) is 0 Å². The van der Waals surface area contributed by atoms with Crippen molar-refractivity contribution in [2.24, 2.45) is 5.92 Å². The summed E-state index contributed by atoms with van der Waals surface area (Å²) in [6.45, 7) is 1.29. The predicted molar refractivity (Wildman–Crippen MR) is 171 cm³/mol. The Morgan fingerprint density at radius 2 is 1.55 bits per heavy atom. The molecule has 2 aliphatic rings. The molecule has 1 aliphatic heterocycles. The Labute approximate surface area is 273 Å². The molecule has 3 aromatic rings. The molecular weight excluding hydrogens is 630 g/mol. The average Bonchev–Trinajstić information content (AvgIpc) is 3.41. The van der Waals surface area contributed by atoms with Crippen LogP contribution in [0.2, 0.25) is 0 Å². The number of benzene rings is 3. The fraction of sp³-hybridized carbons (Fsp3) is 0.412. The standard InChI is InChI=1S/C34H40F2N4O6S/c1-39(34(43)44)32(31(22-7-12-25(35)13-8-22)23-9-14-26(36)15-10-23)33(42)38-30-20-28(41)19-24(30)11-16-27-21-37-17-18-40(27)47(45,46)29-5-3-2-4-6-29/h2-10,12-15,24,27-28,30-32,37,41H,11,16-21H2,1H3,(H,38,42)(H,43,44)/t24?,27?,28?,30?,32-/m1/s1. The van der Waals surface area contributed by atoms with Crippen molar-refractivity contribution < 1.29 is 37.0 Å². The van der Waals surface area contributed by atoms with E-state index in [2.05, 4.69) is 10.6 Å². The molecule has 252 valence electrons. The summed E-state index contributed by atoms with van der Waals surface area (Å²) in [6, 6.07) is 16.8. The molecule has 0 radical (unpaired) electrons. The number of aliphatic hydroxyl groups excluding tert-OH is 1. The molecule has 1 aliphatic carbocycles. The molecule has 5 rings (SSSR count). The summed E-state index contributed by atoms with van der Waals surface area (Å²) in [5.41, 5.74) is 0.914. The van der Waals surface area contributed by atoms with Crippen molar-refractivity contribution in [1.29, 1.82) is 0 Å². The van der Waals surface area contributed by atoms with E-state index in [1.807, 2.05) is 0 Å². The lowest BCUT2D eigenvalue weighted by atomic mass is 9.83. The first-order valence-electron chi connectivity index (χ1n) is 15.7. The Morgan fingerprint density at radius 3 is 2.13 bits per heavy atom. The fourth-order valence-corrected chi connectivity index (χ4v) is 8.54. The molecule has 2 amide bonds. The van der Waals surface area contributed by atoms with Crippen LogP contribution in [0, 0.1) is 17.6 Å². The van der Waals surface area contributed by atoms with E-state index < -0.39 is 57.8 Å². The van der Waals surface area contributed by atoms with Crippen LogP contribution in [-0.4, -0.2) is 90.7 Å². The third-order valence-electron chi connectivity index (χ3n) is 9.28. The van der Waals surface area contributed by atoms with Gasteiger partial charge in [-0.25, -0.2) is 22.0 Å². The number of carboxylic acid groups (broad SMARTS) is 1. The van der Waals surface area contributed by atoms with Crippen molar-refractivity contribution in [2.75, 3.05) is 26.7 Å². The zero-order valence-corrected chi connectivity index (χ0v) is 26.8. The lowest BCUT2D eigenvalue weighted by Crippen LogP contribution is -2.54. The lowest BCUT2D eigenvalue weighted by molar-refractivity contribution is -0.127. The van der Waals surface area contributed by atoms with Crippen molar-refractivity contribution >= 4 is 22.0 Å². The van der Waals surface area contributed by atoms with Gasteiger partial charge in [0, 0.05) is 44.7 Å². The van der Waals surface area contributed by atoms with Gasteiger partial charge in [0.25, 0.3) is 0 Å². The average molecular weight is 671 g/mol. The molecule has 13 heteroatoms. The first kappa shape index (κ1) is 34.4. The SMILES string of the molecule is CN(C(=O)O)[C@@H](C(=O)NC1CC(O)CC1CCC1CNCCN1S(=O)(=O)c1ccccc1)C(c1ccc(F)cc1)c1ccc(F)cc1. The van der Waals surface area contributed by atoms with E-state index in [1.165, 1.54) is 59.9 Å². The van der Waals surface area contributed by atoms with Gasteiger partial charge in [0.15, 0.2) is 0 Å². The maximum Gasteiger partial charge on any atom is 0.407 e. The second kappa shape index (κ2) is 14.9. The Bertz CT molecular complexity index is 1580. The van der Waals surface area contributed by atoms with Crippen LogP contribution in [0.25, 0.3) is 0 Å². The van der Waals surface area contributed by atoms with E-state index in [1.54, 1.807) is 30.3 Å². The molecule has 2 fully saturated rings. The summed E-state index contributed by atoms with van der Waals surface area (Å²) >= 11 is 0. The zero-order chi connectivity index (χ0) is 33.7. The van der Waals surface area contributed by atoms with E-state index in [0.717, 1.165) is 4.90 Å². The summed E-state index contributed by atoms with van der Waals surface area (Å²) in [5, 5.41) is 26.9.